The molecule has 0 aromatic carbocycles. The molecule has 3 N–H and O–H groups in total. The van der Waals surface area contributed by atoms with Crippen LogP contribution in [-0.2, 0) is 23.5 Å². The molecule has 9 heteroatoms. The molecular weight excluding hydrogens is 298 g/mol. The first-order valence-electron chi connectivity index (χ1n) is 6.09. The maximum Gasteiger partial charge on any atom is 0.250 e. The van der Waals surface area contributed by atoms with Crippen molar-refractivity contribution in [2.45, 2.75) is 23.6 Å². The second kappa shape index (κ2) is 6.00. The lowest BCUT2D eigenvalue weighted by Gasteiger charge is -2.12. The van der Waals surface area contributed by atoms with Crippen molar-refractivity contribution >= 4 is 21.4 Å². The van der Waals surface area contributed by atoms with E-state index in [9.17, 15) is 8.42 Å². The molecule has 2 heterocycles. The molecule has 0 saturated carbocycles. The number of sulfonamides is 1. The van der Waals surface area contributed by atoms with Crippen LogP contribution in [0.5, 0.6) is 0 Å². The van der Waals surface area contributed by atoms with Crippen LogP contribution in [0.1, 0.15) is 23.7 Å². The number of nitrogens with one attached hydrogen (secondary N) is 1. The van der Waals surface area contributed by atoms with Crippen molar-refractivity contribution in [3.63, 3.8) is 0 Å². The Morgan fingerprint density at radius 1 is 1.50 bits per heavy atom. The van der Waals surface area contributed by atoms with Gasteiger partial charge in [0.15, 0.2) is 0 Å². The second-order valence-electron chi connectivity index (χ2n) is 4.40. The molecule has 1 unspecified atom stereocenters. The molecule has 0 radical (unpaired) electrons. The molecule has 2 rings (SSSR count). The Morgan fingerprint density at radius 2 is 2.25 bits per heavy atom. The van der Waals surface area contributed by atoms with Crippen molar-refractivity contribution < 1.29 is 8.42 Å². The predicted octanol–water partition coefficient (Wildman–Crippen LogP) is 0.417. The van der Waals surface area contributed by atoms with Gasteiger partial charge in [0.1, 0.15) is 16.4 Å². The summed E-state index contributed by atoms with van der Waals surface area (Å²) in [5.74, 6) is 0.562. The van der Waals surface area contributed by atoms with E-state index in [1.165, 1.54) is 17.7 Å². The highest BCUT2D eigenvalue weighted by Crippen LogP contribution is 2.23. The number of hydrogen-bond acceptors (Lipinski definition) is 6. The Morgan fingerprint density at radius 3 is 2.85 bits per heavy atom. The topological polar surface area (TPSA) is 103 Å². The van der Waals surface area contributed by atoms with Crippen molar-refractivity contribution in [2.24, 2.45) is 12.8 Å². The third-order valence-corrected chi connectivity index (χ3v) is 5.94. The average Bonchev–Trinajstić information content (AvgIpc) is 2.98. The highest BCUT2D eigenvalue weighted by Gasteiger charge is 2.22. The summed E-state index contributed by atoms with van der Waals surface area (Å²) in [4.78, 5) is 0.958. The largest absolute Gasteiger partial charge is 0.330 e. The Labute approximate surface area is 121 Å². The lowest BCUT2D eigenvalue weighted by molar-refractivity contribution is 0.555. The molecule has 0 spiro atoms. The Bertz CT molecular complexity index is 677. The second-order valence-corrected chi connectivity index (χ2v) is 7.51. The minimum atomic E-state index is -3.55. The fourth-order valence-electron chi connectivity index (χ4n) is 1.81. The van der Waals surface area contributed by atoms with Crippen LogP contribution in [0.25, 0.3) is 0 Å². The lowest BCUT2D eigenvalue weighted by Crippen LogP contribution is -2.28. The van der Waals surface area contributed by atoms with Crippen LogP contribution in [0, 0.1) is 0 Å². The van der Waals surface area contributed by atoms with Crippen LogP contribution in [0.4, 0.5) is 0 Å². The Hall–Kier alpha value is -1.29. The van der Waals surface area contributed by atoms with Crippen LogP contribution in [0.3, 0.4) is 0 Å². The van der Waals surface area contributed by atoms with E-state index in [4.69, 9.17) is 5.73 Å². The minimum Gasteiger partial charge on any atom is -0.330 e. The molecule has 0 bridgehead atoms. The third kappa shape index (κ3) is 3.23. The zero-order valence-corrected chi connectivity index (χ0v) is 12.9. The smallest absolute Gasteiger partial charge is 0.250 e. The summed E-state index contributed by atoms with van der Waals surface area (Å²) in [6, 6.07) is 2.94. The monoisotopic (exact) mass is 315 g/mol. The van der Waals surface area contributed by atoms with E-state index in [0.29, 0.717) is 18.8 Å². The van der Waals surface area contributed by atoms with Crippen LogP contribution in [0.15, 0.2) is 22.7 Å². The molecule has 0 fully saturated rings. The Balaban J connectivity index is 2.16. The van der Waals surface area contributed by atoms with Crippen LogP contribution >= 0.6 is 11.3 Å². The molecule has 2 aromatic rings. The molecule has 1 atom stereocenters. The van der Waals surface area contributed by atoms with Gasteiger partial charge in [0.05, 0.1) is 6.04 Å². The van der Waals surface area contributed by atoms with E-state index < -0.39 is 16.1 Å². The number of thiophene rings is 1. The zero-order chi connectivity index (χ0) is 14.8. The number of aryl methyl sites for hydroxylation is 1. The molecule has 20 heavy (non-hydrogen) atoms. The van der Waals surface area contributed by atoms with Gasteiger partial charge in [-0.25, -0.2) is 13.1 Å². The zero-order valence-electron chi connectivity index (χ0n) is 11.3. The third-order valence-electron chi connectivity index (χ3n) is 2.76. The van der Waals surface area contributed by atoms with Gasteiger partial charge in [-0.15, -0.1) is 21.5 Å². The van der Waals surface area contributed by atoms with Crippen LogP contribution < -0.4 is 10.5 Å². The summed E-state index contributed by atoms with van der Waals surface area (Å²) >= 11 is 1.23. The fraction of sp³-hybridized carbons (Fsp3) is 0.455. The molecule has 0 amide bonds. The van der Waals surface area contributed by atoms with E-state index in [1.807, 2.05) is 0 Å². The van der Waals surface area contributed by atoms with Gasteiger partial charge >= 0.3 is 0 Å². The van der Waals surface area contributed by atoms with Crippen molar-refractivity contribution in [3.8, 4) is 0 Å². The van der Waals surface area contributed by atoms with E-state index in [2.05, 4.69) is 14.9 Å². The van der Waals surface area contributed by atoms with Crippen molar-refractivity contribution in [1.29, 1.82) is 0 Å². The number of aromatic nitrogens is 3. The number of rotatable bonds is 6. The lowest BCUT2D eigenvalue weighted by atomic mass is 10.3. The van der Waals surface area contributed by atoms with Gasteiger partial charge in [-0.3, -0.25) is 0 Å². The van der Waals surface area contributed by atoms with Gasteiger partial charge < -0.3 is 10.3 Å². The first kappa shape index (κ1) is 15.1. The number of nitrogens with zero attached hydrogens (tertiary/aromatic N) is 3. The quantitative estimate of drug-likeness (QED) is 0.804. The van der Waals surface area contributed by atoms with Crippen LogP contribution in [0.2, 0.25) is 0 Å². The van der Waals surface area contributed by atoms with Gasteiger partial charge in [0.25, 0.3) is 10.0 Å². The predicted molar refractivity (Wildman–Crippen MR) is 76.8 cm³/mol. The maximum absolute atomic E-state index is 12.3. The van der Waals surface area contributed by atoms with E-state index >= 15 is 0 Å². The van der Waals surface area contributed by atoms with Gasteiger partial charge in [-0.1, -0.05) is 0 Å². The first-order chi connectivity index (χ1) is 9.44. The molecule has 0 aliphatic carbocycles. The molecule has 0 aliphatic heterocycles. The molecule has 2 aromatic heterocycles. The average molecular weight is 315 g/mol. The summed E-state index contributed by atoms with van der Waals surface area (Å²) in [5, 5.41) is 7.64. The van der Waals surface area contributed by atoms with Crippen molar-refractivity contribution in [1.82, 2.24) is 19.5 Å². The minimum absolute atomic E-state index is 0.287. The van der Waals surface area contributed by atoms with Crippen molar-refractivity contribution in [2.75, 3.05) is 6.54 Å². The van der Waals surface area contributed by atoms with Gasteiger partial charge in [-0.2, -0.15) is 0 Å². The highest BCUT2D eigenvalue weighted by molar-refractivity contribution is 7.91. The van der Waals surface area contributed by atoms with Crippen LogP contribution in [-0.4, -0.2) is 29.7 Å². The highest BCUT2D eigenvalue weighted by atomic mass is 32.2. The van der Waals surface area contributed by atoms with E-state index in [1.54, 1.807) is 30.7 Å². The normalized spacial score (nSPS) is 13.6. The van der Waals surface area contributed by atoms with Crippen molar-refractivity contribution in [3.05, 3.63) is 29.2 Å². The standard InChI is InChI=1S/C11H17N5O2S2/c1-8(11-14-13-7-16(11)2)15-20(17,18)10-4-3-9(19-10)5-6-12/h3-4,7-8,15H,5-6,12H2,1-2H3. The Kier molecular flexibility index (Phi) is 4.53. The fourth-order valence-corrected chi connectivity index (χ4v) is 4.40. The molecule has 0 aliphatic rings. The first-order valence-corrected chi connectivity index (χ1v) is 8.39. The summed E-state index contributed by atoms with van der Waals surface area (Å²) in [6.07, 6.45) is 2.21. The summed E-state index contributed by atoms with van der Waals surface area (Å²) in [5.41, 5.74) is 5.46. The summed E-state index contributed by atoms with van der Waals surface area (Å²) in [6.45, 7) is 2.23. The SMILES string of the molecule is CC(NS(=O)(=O)c1ccc(CCN)s1)c1nncn1C. The summed E-state index contributed by atoms with van der Waals surface area (Å²) in [7, 11) is -1.78. The maximum atomic E-state index is 12.3. The van der Waals surface area contributed by atoms with E-state index in [-0.39, 0.29) is 4.21 Å². The molecule has 7 nitrogen and oxygen atoms in total. The summed E-state index contributed by atoms with van der Waals surface area (Å²) < 4.78 is 29.1. The van der Waals surface area contributed by atoms with Gasteiger partial charge in [0.2, 0.25) is 0 Å². The molecule has 0 saturated heterocycles. The number of hydrogen-bond donors (Lipinski definition) is 2. The molecule has 110 valence electrons. The van der Waals surface area contributed by atoms with Gasteiger partial charge in [0, 0.05) is 11.9 Å². The van der Waals surface area contributed by atoms with E-state index in [0.717, 1.165) is 4.88 Å². The van der Waals surface area contributed by atoms with Gasteiger partial charge in [-0.05, 0) is 32.0 Å². The molecular formula is C11H17N5O2S2. The number of nitrogens with two attached hydrogens (primary N) is 1.